The number of nitrogens with one attached hydrogen (secondary N) is 3. The predicted molar refractivity (Wildman–Crippen MR) is 200 cm³/mol. The molecule has 1 aliphatic carbocycles. The van der Waals surface area contributed by atoms with Crippen molar-refractivity contribution in [2.45, 2.75) is 87.2 Å². The van der Waals surface area contributed by atoms with Crippen LogP contribution < -0.4 is 20.3 Å². The molecule has 14 heteroatoms. The molecule has 3 aromatic rings. The van der Waals surface area contributed by atoms with Gasteiger partial charge in [0, 0.05) is 53.6 Å². The van der Waals surface area contributed by atoms with Crippen molar-refractivity contribution in [2.24, 2.45) is 5.41 Å². The molecule has 3 N–H and O–H groups in total. The number of rotatable bonds is 15. The second-order valence-electron chi connectivity index (χ2n) is 14.3. The highest BCUT2D eigenvalue weighted by atomic mass is 32.2. The molecule has 1 atom stereocenters. The fourth-order valence-electron chi connectivity index (χ4n) is 6.08. The van der Waals surface area contributed by atoms with Crippen molar-refractivity contribution in [1.82, 2.24) is 10.0 Å². The molecule has 2 amide bonds. The van der Waals surface area contributed by atoms with Gasteiger partial charge in [0.2, 0.25) is 0 Å². The van der Waals surface area contributed by atoms with Crippen LogP contribution in [0.25, 0.3) is 0 Å². The largest absolute Gasteiger partial charge is 0.444 e. The van der Waals surface area contributed by atoms with E-state index in [9.17, 15) is 28.1 Å². The highest BCUT2D eigenvalue weighted by Crippen LogP contribution is 2.53. The van der Waals surface area contributed by atoms with Crippen molar-refractivity contribution in [3.63, 3.8) is 0 Å². The van der Waals surface area contributed by atoms with Crippen LogP contribution in [0.1, 0.15) is 76.1 Å². The maximum absolute atomic E-state index is 13.3. The Labute approximate surface area is 304 Å². The predicted octanol–water partition coefficient (Wildman–Crippen LogP) is 7.36. The molecule has 1 saturated heterocycles. The van der Waals surface area contributed by atoms with Gasteiger partial charge in [0.05, 0.1) is 9.82 Å². The Hall–Kier alpha value is -4.30. The number of anilines is 2. The van der Waals surface area contributed by atoms with E-state index in [1.165, 1.54) is 25.0 Å². The molecule has 5 rings (SSSR count). The van der Waals surface area contributed by atoms with Crippen molar-refractivity contribution in [1.29, 1.82) is 0 Å². The number of piperidine rings is 1. The Morgan fingerprint density at radius 1 is 0.980 bits per heavy atom. The minimum absolute atomic E-state index is 0.164. The second-order valence-corrected chi connectivity index (χ2v) is 17.1. The maximum Gasteiger partial charge on any atom is 0.407 e. The average Bonchev–Trinajstić information content (AvgIpc) is 3.85. The van der Waals surface area contributed by atoms with Crippen LogP contribution in [0.3, 0.4) is 0 Å². The summed E-state index contributed by atoms with van der Waals surface area (Å²) in [4.78, 5) is 39.5. The lowest BCUT2D eigenvalue weighted by molar-refractivity contribution is -0.384. The number of alkyl carbamates (subject to hydrolysis) is 1. The first-order valence-electron chi connectivity index (χ1n) is 17.3. The number of sulfonamides is 1. The Morgan fingerprint density at radius 3 is 2.29 bits per heavy atom. The minimum atomic E-state index is -4.42. The number of unbranched alkanes of at least 4 members (excludes halogenated alkanes) is 1. The quantitative estimate of drug-likeness (QED) is 0.0622. The summed E-state index contributed by atoms with van der Waals surface area (Å²) < 4.78 is 33.9. The van der Waals surface area contributed by atoms with Crippen LogP contribution >= 0.6 is 11.8 Å². The molecular formula is C37H47N5O7S2. The molecule has 1 heterocycles. The van der Waals surface area contributed by atoms with Gasteiger partial charge in [0.15, 0.2) is 0 Å². The van der Waals surface area contributed by atoms with Gasteiger partial charge in [-0.15, -0.1) is 11.8 Å². The number of hydrogen-bond donors (Lipinski definition) is 3. The maximum atomic E-state index is 13.3. The molecule has 12 nitrogen and oxygen atoms in total. The highest BCUT2D eigenvalue weighted by Gasteiger charge is 2.44. The number of benzene rings is 3. The standard InChI is InChI=1S/C37H47N5O7S2/c1-36(2,3)49-35(44)38-22-8-7-9-28(26-50-30-10-5-4-6-11-30)39-32-17-16-31(25-33(32)42(45)46)51(47,48)40-34(43)27-12-14-29(15-13-27)41-23-20-37(18-19-37)21-24-41/h4-6,10-17,25,28,39H,7-9,18-24,26H2,1-3H3,(H,38,44)(H,40,43)/t28-/m1/s1. The van der Waals surface area contributed by atoms with Crippen molar-refractivity contribution in [2.75, 3.05) is 35.6 Å². The van der Waals surface area contributed by atoms with E-state index in [4.69, 9.17) is 4.74 Å². The number of nitrogens with zero attached hydrogens (tertiary/aromatic N) is 2. The Kier molecular flexibility index (Phi) is 12.2. The summed E-state index contributed by atoms with van der Waals surface area (Å²) in [6.45, 7) is 7.72. The van der Waals surface area contributed by atoms with E-state index in [0.717, 1.165) is 42.6 Å². The summed E-state index contributed by atoms with van der Waals surface area (Å²) in [6, 6.07) is 19.9. The normalized spacial score (nSPS) is 15.9. The highest BCUT2D eigenvalue weighted by molar-refractivity contribution is 7.99. The first-order chi connectivity index (χ1) is 24.2. The van der Waals surface area contributed by atoms with Crippen LogP contribution in [0, 0.1) is 15.5 Å². The van der Waals surface area contributed by atoms with Gasteiger partial charge in [-0.3, -0.25) is 14.9 Å². The van der Waals surface area contributed by atoms with E-state index in [1.54, 1.807) is 44.7 Å². The lowest BCUT2D eigenvalue weighted by Gasteiger charge is -2.33. The van der Waals surface area contributed by atoms with Crippen LogP contribution in [0.15, 0.2) is 82.6 Å². The number of thioether (sulfide) groups is 1. The first-order valence-corrected chi connectivity index (χ1v) is 19.8. The van der Waals surface area contributed by atoms with Crippen molar-refractivity contribution < 1.29 is 27.7 Å². The zero-order chi connectivity index (χ0) is 36.6. The number of amides is 2. The number of carbonyl (C=O) groups excluding carboxylic acids is 2. The summed E-state index contributed by atoms with van der Waals surface area (Å²) in [5, 5.41) is 18.2. The number of nitro benzene ring substituents is 1. The topological polar surface area (TPSA) is 160 Å². The van der Waals surface area contributed by atoms with Crippen LogP contribution in [0.2, 0.25) is 0 Å². The SMILES string of the molecule is CC(C)(C)OC(=O)NCCCC[C@H](CSc1ccccc1)Nc1ccc(S(=O)(=O)NC(=O)c2ccc(N3CCC4(CC3)CC4)cc2)cc1[N+](=O)[O-]. The lowest BCUT2D eigenvalue weighted by Crippen LogP contribution is -2.34. The Morgan fingerprint density at radius 2 is 1.67 bits per heavy atom. The third-order valence-corrected chi connectivity index (χ3v) is 11.7. The molecule has 0 radical (unpaired) electrons. The molecule has 1 saturated carbocycles. The second kappa shape index (κ2) is 16.4. The van der Waals surface area contributed by atoms with Gasteiger partial charge in [0.1, 0.15) is 11.3 Å². The van der Waals surface area contributed by atoms with E-state index in [0.29, 0.717) is 37.0 Å². The van der Waals surface area contributed by atoms with Gasteiger partial charge in [-0.25, -0.2) is 17.9 Å². The van der Waals surface area contributed by atoms with E-state index >= 15 is 0 Å². The van der Waals surface area contributed by atoms with Gasteiger partial charge >= 0.3 is 6.09 Å². The van der Waals surface area contributed by atoms with Gasteiger partial charge in [0.25, 0.3) is 21.6 Å². The van der Waals surface area contributed by atoms with Gasteiger partial charge < -0.3 is 20.3 Å². The molecule has 3 aromatic carbocycles. The molecular weight excluding hydrogens is 691 g/mol. The smallest absolute Gasteiger partial charge is 0.407 e. The van der Waals surface area contributed by atoms with Crippen molar-refractivity contribution >= 4 is 50.8 Å². The zero-order valence-corrected chi connectivity index (χ0v) is 31.0. The first kappa shape index (κ1) is 37.9. The summed E-state index contributed by atoms with van der Waals surface area (Å²) in [6.07, 6.45) is 6.44. The Bertz CT molecular complexity index is 1780. The third kappa shape index (κ3) is 11.1. The van der Waals surface area contributed by atoms with E-state index in [2.05, 4.69) is 20.3 Å². The summed E-state index contributed by atoms with van der Waals surface area (Å²) >= 11 is 1.59. The molecule has 0 unspecified atom stereocenters. The van der Waals surface area contributed by atoms with Gasteiger partial charge in [-0.2, -0.15) is 0 Å². The zero-order valence-electron chi connectivity index (χ0n) is 29.4. The molecule has 1 aliphatic heterocycles. The molecule has 0 aromatic heterocycles. The summed E-state index contributed by atoms with van der Waals surface area (Å²) in [5.74, 6) is -0.241. The van der Waals surface area contributed by atoms with Crippen LogP contribution in [-0.2, 0) is 14.8 Å². The summed E-state index contributed by atoms with van der Waals surface area (Å²) in [7, 11) is -4.42. The number of carbonyl (C=O) groups is 2. The molecule has 0 bridgehead atoms. The van der Waals surface area contributed by atoms with Crippen LogP contribution in [0.5, 0.6) is 0 Å². The van der Waals surface area contributed by atoms with E-state index in [-0.39, 0.29) is 17.3 Å². The average molecular weight is 738 g/mol. The number of ether oxygens (including phenoxy) is 1. The fraction of sp³-hybridized carbons (Fsp3) is 0.459. The molecule has 51 heavy (non-hydrogen) atoms. The fourth-order valence-corrected chi connectivity index (χ4v) is 8.07. The van der Waals surface area contributed by atoms with Crippen molar-refractivity contribution in [3.8, 4) is 0 Å². The molecule has 274 valence electrons. The minimum Gasteiger partial charge on any atom is -0.444 e. The molecule has 2 aliphatic rings. The Balaban J connectivity index is 1.22. The summed E-state index contributed by atoms with van der Waals surface area (Å²) in [5.41, 5.74) is 0.844. The lowest BCUT2D eigenvalue weighted by atomic mass is 9.93. The van der Waals surface area contributed by atoms with Gasteiger partial charge in [-0.05, 0) is 120 Å². The van der Waals surface area contributed by atoms with E-state index < -0.39 is 43.1 Å². The van der Waals surface area contributed by atoms with Gasteiger partial charge in [-0.1, -0.05) is 18.2 Å². The number of hydrogen-bond acceptors (Lipinski definition) is 10. The van der Waals surface area contributed by atoms with Crippen molar-refractivity contribution in [3.05, 3.63) is 88.5 Å². The monoisotopic (exact) mass is 737 g/mol. The van der Waals surface area contributed by atoms with Crippen LogP contribution in [-0.4, -0.2) is 62.4 Å². The van der Waals surface area contributed by atoms with Crippen LogP contribution in [0.4, 0.5) is 21.9 Å². The molecule has 2 fully saturated rings. The molecule has 1 spiro atoms. The van der Waals surface area contributed by atoms with E-state index in [1.807, 2.05) is 42.5 Å². The number of nitro groups is 1. The third-order valence-electron chi connectivity index (χ3n) is 9.18.